The Kier molecular flexibility index (Phi) is 6.46. The monoisotopic (exact) mass is 399 g/mol. The van der Waals surface area contributed by atoms with Crippen LogP contribution in [0.25, 0.3) is 10.2 Å². The number of anilines is 1. The van der Waals surface area contributed by atoms with Crippen LogP contribution in [-0.2, 0) is 6.42 Å². The summed E-state index contributed by atoms with van der Waals surface area (Å²) >= 11 is 1.58. The summed E-state index contributed by atoms with van der Waals surface area (Å²) in [5, 5.41) is 5.10. The van der Waals surface area contributed by atoms with Crippen molar-refractivity contribution >= 4 is 32.6 Å². The predicted molar refractivity (Wildman–Crippen MR) is 116 cm³/mol. The first-order valence-corrected chi connectivity index (χ1v) is 10.6. The lowest BCUT2D eigenvalue weighted by Crippen LogP contribution is -2.35. The Hall–Kier alpha value is -2.25. The quantitative estimate of drug-likeness (QED) is 0.569. The lowest BCUT2D eigenvalue weighted by molar-refractivity contribution is 0.0974. The van der Waals surface area contributed by atoms with Crippen molar-refractivity contribution in [2.45, 2.75) is 39.7 Å². The van der Waals surface area contributed by atoms with E-state index < -0.39 is 0 Å². The fraction of sp³-hybridized carbons (Fsp3) is 0.476. The van der Waals surface area contributed by atoms with Gasteiger partial charge in [-0.15, -0.1) is 0 Å². The fourth-order valence-electron chi connectivity index (χ4n) is 3.26. The number of rotatable bonds is 8. The molecule has 2 heterocycles. The summed E-state index contributed by atoms with van der Waals surface area (Å²) in [4.78, 5) is 22.3. The Morgan fingerprint density at radius 3 is 2.68 bits per heavy atom. The minimum atomic E-state index is -0.0398. The Labute approximate surface area is 170 Å². The number of carbonyl (C=O) groups excluding carboxylic acids is 1. The summed E-state index contributed by atoms with van der Waals surface area (Å²) in [6.07, 6.45) is 3.50. The highest BCUT2D eigenvalue weighted by atomic mass is 32.1. The van der Waals surface area contributed by atoms with Crippen LogP contribution in [0.4, 0.5) is 5.13 Å². The van der Waals surface area contributed by atoms with Crippen LogP contribution in [0.5, 0.6) is 0 Å². The van der Waals surface area contributed by atoms with Crippen LogP contribution in [0.3, 0.4) is 0 Å². The van der Waals surface area contributed by atoms with E-state index in [9.17, 15) is 4.79 Å². The van der Waals surface area contributed by atoms with Gasteiger partial charge >= 0.3 is 0 Å². The molecule has 3 rings (SSSR count). The van der Waals surface area contributed by atoms with Crippen molar-refractivity contribution in [2.24, 2.45) is 0 Å². The Balaban J connectivity index is 1.99. The maximum absolute atomic E-state index is 13.5. The second-order valence-corrected chi connectivity index (χ2v) is 8.49. The highest BCUT2D eigenvalue weighted by molar-refractivity contribution is 7.22. The van der Waals surface area contributed by atoms with Crippen LogP contribution >= 0.6 is 11.3 Å². The minimum Gasteiger partial charge on any atom is -0.309 e. The van der Waals surface area contributed by atoms with E-state index in [1.54, 1.807) is 28.3 Å². The zero-order valence-corrected chi connectivity index (χ0v) is 18.2. The van der Waals surface area contributed by atoms with Crippen molar-refractivity contribution in [1.29, 1.82) is 0 Å². The molecule has 0 radical (unpaired) electrons. The Morgan fingerprint density at radius 1 is 1.21 bits per heavy atom. The van der Waals surface area contributed by atoms with Crippen molar-refractivity contribution in [3.05, 3.63) is 41.7 Å². The average molecular weight is 400 g/mol. The maximum Gasteiger partial charge on any atom is 0.278 e. The van der Waals surface area contributed by atoms with Gasteiger partial charge in [0, 0.05) is 18.8 Å². The van der Waals surface area contributed by atoms with Gasteiger partial charge in [-0.25, -0.2) is 4.98 Å². The summed E-state index contributed by atoms with van der Waals surface area (Å²) in [6, 6.07) is 8.18. The van der Waals surface area contributed by atoms with Crippen molar-refractivity contribution in [3.8, 4) is 0 Å². The molecule has 1 aromatic carbocycles. The average Bonchev–Trinajstić information content (AvgIpc) is 3.30. The van der Waals surface area contributed by atoms with E-state index >= 15 is 0 Å². The van der Waals surface area contributed by atoms with Crippen molar-refractivity contribution in [1.82, 2.24) is 19.7 Å². The number of nitrogens with zero attached hydrogens (tertiary/aromatic N) is 5. The van der Waals surface area contributed by atoms with Gasteiger partial charge in [-0.05, 0) is 65.0 Å². The number of aromatic nitrogens is 3. The normalized spacial score (nSPS) is 11.7. The third-order valence-electron chi connectivity index (χ3n) is 4.71. The summed E-state index contributed by atoms with van der Waals surface area (Å²) in [6.45, 7) is 7.74. The van der Waals surface area contributed by atoms with Gasteiger partial charge in [0.2, 0.25) is 0 Å². The number of fused-ring (bicyclic) bond motifs is 1. The molecule has 7 heteroatoms. The maximum atomic E-state index is 13.5. The van der Waals surface area contributed by atoms with Gasteiger partial charge in [0.15, 0.2) is 5.13 Å². The fourth-order valence-corrected chi connectivity index (χ4v) is 4.30. The standard InChI is InChI=1S/C21H29N5OS/c1-6-16-9-7-10-18-19(16)23-21(28-18)25(14-8-13-24(4)5)20(27)17-11-12-22-26(17)15(2)3/h7,9-12,15H,6,8,13-14H2,1-5H3. The first-order chi connectivity index (χ1) is 13.4. The number of hydrogen-bond acceptors (Lipinski definition) is 5. The minimum absolute atomic E-state index is 0.0398. The van der Waals surface area contributed by atoms with E-state index in [2.05, 4.69) is 35.1 Å². The van der Waals surface area contributed by atoms with Gasteiger partial charge < -0.3 is 4.90 Å². The van der Waals surface area contributed by atoms with Crippen LogP contribution in [-0.4, -0.2) is 52.8 Å². The molecule has 0 N–H and O–H groups in total. The molecule has 0 saturated carbocycles. The van der Waals surface area contributed by atoms with E-state index in [1.807, 2.05) is 32.8 Å². The van der Waals surface area contributed by atoms with Gasteiger partial charge in [0.05, 0.1) is 10.2 Å². The lowest BCUT2D eigenvalue weighted by Gasteiger charge is -2.22. The smallest absolute Gasteiger partial charge is 0.278 e. The lowest BCUT2D eigenvalue weighted by atomic mass is 10.1. The van der Waals surface area contributed by atoms with E-state index in [1.165, 1.54) is 5.56 Å². The number of amides is 1. The number of aryl methyl sites for hydroxylation is 1. The molecule has 3 aromatic rings. The Morgan fingerprint density at radius 2 is 2.00 bits per heavy atom. The van der Waals surface area contributed by atoms with Gasteiger partial charge in [-0.3, -0.25) is 14.4 Å². The molecule has 0 bridgehead atoms. The van der Waals surface area contributed by atoms with E-state index in [-0.39, 0.29) is 11.9 Å². The summed E-state index contributed by atoms with van der Waals surface area (Å²) < 4.78 is 2.91. The molecule has 6 nitrogen and oxygen atoms in total. The number of hydrogen-bond donors (Lipinski definition) is 0. The van der Waals surface area contributed by atoms with E-state index in [4.69, 9.17) is 4.98 Å². The molecule has 0 aliphatic rings. The largest absolute Gasteiger partial charge is 0.309 e. The van der Waals surface area contributed by atoms with E-state index in [0.29, 0.717) is 12.2 Å². The molecule has 1 amide bonds. The number of para-hydroxylation sites is 1. The Bertz CT molecular complexity index is 943. The molecular weight excluding hydrogens is 370 g/mol. The molecule has 0 fully saturated rings. The van der Waals surface area contributed by atoms with Crippen LogP contribution in [0, 0.1) is 0 Å². The molecule has 0 aliphatic carbocycles. The first-order valence-electron chi connectivity index (χ1n) is 9.81. The SMILES string of the molecule is CCc1cccc2sc(N(CCCN(C)C)C(=O)c3ccnn3C(C)C)nc12. The zero-order chi connectivity index (χ0) is 20.3. The summed E-state index contributed by atoms with van der Waals surface area (Å²) in [7, 11) is 4.09. The number of thiazole rings is 1. The first kappa shape index (κ1) is 20.5. The molecule has 0 spiro atoms. The molecule has 2 aromatic heterocycles. The molecule has 0 unspecified atom stereocenters. The van der Waals surface area contributed by atoms with Crippen molar-refractivity contribution in [2.75, 3.05) is 32.1 Å². The van der Waals surface area contributed by atoms with Crippen molar-refractivity contribution in [3.63, 3.8) is 0 Å². The van der Waals surface area contributed by atoms with Crippen LogP contribution in [0.1, 0.15) is 49.3 Å². The number of carbonyl (C=O) groups is 1. The molecule has 0 aliphatic heterocycles. The van der Waals surface area contributed by atoms with Gasteiger partial charge in [0.1, 0.15) is 5.69 Å². The van der Waals surface area contributed by atoms with Crippen LogP contribution in [0.2, 0.25) is 0 Å². The second-order valence-electron chi connectivity index (χ2n) is 7.48. The predicted octanol–water partition coefficient (Wildman–Crippen LogP) is 4.23. The van der Waals surface area contributed by atoms with Gasteiger partial charge in [-0.2, -0.15) is 5.10 Å². The second kappa shape index (κ2) is 8.84. The van der Waals surface area contributed by atoms with Crippen LogP contribution < -0.4 is 4.90 Å². The number of benzene rings is 1. The topological polar surface area (TPSA) is 54.3 Å². The highest BCUT2D eigenvalue weighted by Crippen LogP contribution is 2.32. The summed E-state index contributed by atoms with van der Waals surface area (Å²) in [5.41, 5.74) is 2.83. The molecule has 28 heavy (non-hydrogen) atoms. The molecule has 0 saturated heterocycles. The van der Waals surface area contributed by atoms with E-state index in [0.717, 1.165) is 34.7 Å². The molecular formula is C21H29N5OS. The highest BCUT2D eigenvalue weighted by Gasteiger charge is 2.25. The van der Waals surface area contributed by atoms with Crippen LogP contribution in [0.15, 0.2) is 30.5 Å². The molecule has 150 valence electrons. The summed E-state index contributed by atoms with van der Waals surface area (Å²) in [5.74, 6) is -0.0398. The third kappa shape index (κ3) is 4.25. The van der Waals surface area contributed by atoms with Crippen molar-refractivity contribution < 1.29 is 4.79 Å². The van der Waals surface area contributed by atoms with Gasteiger partial charge in [0.25, 0.3) is 5.91 Å². The zero-order valence-electron chi connectivity index (χ0n) is 17.3. The van der Waals surface area contributed by atoms with Gasteiger partial charge in [-0.1, -0.05) is 30.4 Å². The third-order valence-corrected chi connectivity index (χ3v) is 5.76. The molecule has 0 atom stereocenters.